The Morgan fingerprint density at radius 1 is 1.30 bits per heavy atom. The summed E-state index contributed by atoms with van der Waals surface area (Å²) in [5, 5.41) is 0.118. The molecule has 2 aromatic carbocycles. The van der Waals surface area contributed by atoms with E-state index in [-0.39, 0.29) is 11.1 Å². The number of hydrazine groups is 1. The molecular formula is C15H16ClFN2O. The minimum atomic E-state index is -0.425. The van der Waals surface area contributed by atoms with E-state index in [1.54, 1.807) is 19.2 Å². The van der Waals surface area contributed by atoms with Gasteiger partial charge in [0.05, 0.1) is 18.2 Å². The van der Waals surface area contributed by atoms with Gasteiger partial charge in [-0.25, -0.2) is 4.39 Å². The van der Waals surface area contributed by atoms with Crippen LogP contribution in [0.15, 0.2) is 42.5 Å². The third kappa shape index (κ3) is 3.48. The van der Waals surface area contributed by atoms with Crippen molar-refractivity contribution in [1.29, 1.82) is 0 Å². The van der Waals surface area contributed by atoms with E-state index in [0.717, 1.165) is 16.9 Å². The number of rotatable bonds is 5. The molecule has 3 N–H and O–H groups in total. The van der Waals surface area contributed by atoms with Crippen molar-refractivity contribution in [3.63, 3.8) is 0 Å². The van der Waals surface area contributed by atoms with Gasteiger partial charge in [-0.2, -0.15) is 0 Å². The topological polar surface area (TPSA) is 47.3 Å². The van der Waals surface area contributed by atoms with E-state index in [1.807, 2.05) is 24.3 Å². The first-order valence-electron chi connectivity index (χ1n) is 6.18. The van der Waals surface area contributed by atoms with Crippen LogP contribution in [0.25, 0.3) is 0 Å². The average Bonchev–Trinajstić information content (AvgIpc) is 2.48. The van der Waals surface area contributed by atoms with Gasteiger partial charge in [-0.3, -0.25) is 11.3 Å². The first-order valence-corrected chi connectivity index (χ1v) is 6.56. The minimum Gasteiger partial charge on any atom is -0.497 e. The average molecular weight is 295 g/mol. The third-order valence-corrected chi connectivity index (χ3v) is 3.43. The molecule has 0 aliphatic rings. The Bertz CT molecular complexity index is 592. The molecule has 0 aromatic heterocycles. The molecule has 0 amide bonds. The number of halogens is 2. The van der Waals surface area contributed by atoms with Crippen LogP contribution in [0, 0.1) is 5.82 Å². The van der Waals surface area contributed by atoms with Crippen LogP contribution in [-0.4, -0.2) is 7.11 Å². The molecule has 2 rings (SSSR count). The SMILES string of the molecule is COc1cccc(C(Cc2ccc(Cl)c(F)c2)NN)c1. The van der Waals surface area contributed by atoms with E-state index in [9.17, 15) is 4.39 Å². The van der Waals surface area contributed by atoms with Crippen molar-refractivity contribution in [2.45, 2.75) is 12.5 Å². The molecule has 5 heteroatoms. The molecule has 3 nitrogen and oxygen atoms in total. The first kappa shape index (κ1) is 14.8. The molecule has 1 atom stereocenters. The van der Waals surface area contributed by atoms with Gasteiger partial charge in [0.1, 0.15) is 11.6 Å². The smallest absolute Gasteiger partial charge is 0.142 e. The summed E-state index contributed by atoms with van der Waals surface area (Å²) in [5.74, 6) is 5.93. The van der Waals surface area contributed by atoms with Crippen LogP contribution in [0.5, 0.6) is 5.75 Å². The Morgan fingerprint density at radius 3 is 2.75 bits per heavy atom. The zero-order valence-corrected chi connectivity index (χ0v) is 11.8. The molecule has 0 saturated carbocycles. The summed E-state index contributed by atoms with van der Waals surface area (Å²) in [6.45, 7) is 0. The van der Waals surface area contributed by atoms with E-state index in [2.05, 4.69) is 5.43 Å². The second-order valence-corrected chi connectivity index (χ2v) is 4.86. The van der Waals surface area contributed by atoms with E-state index < -0.39 is 5.82 Å². The van der Waals surface area contributed by atoms with Gasteiger partial charge in [0.15, 0.2) is 0 Å². The summed E-state index contributed by atoms with van der Waals surface area (Å²) in [7, 11) is 1.61. The van der Waals surface area contributed by atoms with Crippen molar-refractivity contribution in [1.82, 2.24) is 5.43 Å². The number of methoxy groups -OCH3 is 1. The standard InChI is InChI=1S/C15H16ClFN2O/c1-20-12-4-2-3-11(9-12)15(19-18)8-10-5-6-13(16)14(17)7-10/h2-7,9,15,19H,8,18H2,1H3. The van der Waals surface area contributed by atoms with Crippen LogP contribution in [-0.2, 0) is 6.42 Å². The van der Waals surface area contributed by atoms with Crippen molar-refractivity contribution >= 4 is 11.6 Å². The van der Waals surface area contributed by atoms with Crippen LogP contribution in [0.3, 0.4) is 0 Å². The second kappa shape index (κ2) is 6.70. The minimum absolute atomic E-state index is 0.118. The van der Waals surface area contributed by atoms with Gasteiger partial charge in [-0.05, 0) is 41.8 Å². The highest BCUT2D eigenvalue weighted by Crippen LogP contribution is 2.23. The summed E-state index contributed by atoms with van der Waals surface area (Å²) in [6.07, 6.45) is 0.553. The maximum atomic E-state index is 13.5. The summed E-state index contributed by atoms with van der Waals surface area (Å²) in [6, 6.07) is 12.2. The lowest BCUT2D eigenvalue weighted by molar-refractivity contribution is 0.413. The zero-order chi connectivity index (χ0) is 14.5. The van der Waals surface area contributed by atoms with Crippen molar-refractivity contribution in [2.75, 3.05) is 7.11 Å². The molecule has 1 unspecified atom stereocenters. The molecular weight excluding hydrogens is 279 g/mol. The zero-order valence-electron chi connectivity index (χ0n) is 11.1. The molecule has 0 spiro atoms. The molecule has 0 bridgehead atoms. The molecule has 0 aliphatic heterocycles. The predicted molar refractivity (Wildman–Crippen MR) is 78.2 cm³/mol. The van der Waals surface area contributed by atoms with Gasteiger partial charge in [0.2, 0.25) is 0 Å². The van der Waals surface area contributed by atoms with E-state index in [0.29, 0.717) is 6.42 Å². The number of hydrogen-bond donors (Lipinski definition) is 2. The van der Waals surface area contributed by atoms with Crippen molar-refractivity contribution in [3.8, 4) is 5.75 Å². The predicted octanol–water partition coefficient (Wildman–Crippen LogP) is 3.23. The largest absolute Gasteiger partial charge is 0.497 e. The molecule has 0 radical (unpaired) electrons. The fraction of sp³-hybridized carbons (Fsp3) is 0.200. The fourth-order valence-corrected chi connectivity index (χ4v) is 2.15. The molecule has 0 saturated heterocycles. The number of ether oxygens (including phenoxy) is 1. The van der Waals surface area contributed by atoms with Gasteiger partial charge >= 0.3 is 0 Å². The highest BCUT2D eigenvalue weighted by molar-refractivity contribution is 6.30. The Kier molecular flexibility index (Phi) is 4.95. The number of nitrogens with two attached hydrogens (primary N) is 1. The van der Waals surface area contributed by atoms with Crippen LogP contribution in [0.4, 0.5) is 4.39 Å². The summed E-state index contributed by atoms with van der Waals surface area (Å²) in [5.41, 5.74) is 4.53. The maximum absolute atomic E-state index is 13.5. The van der Waals surface area contributed by atoms with Crippen LogP contribution >= 0.6 is 11.6 Å². The van der Waals surface area contributed by atoms with E-state index >= 15 is 0 Å². The van der Waals surface area contributed by atoms with Crippen LogP contribution < -0.4 is 16.0 Å². The quantitative estimate of drug-likeness (QED) is 0.657. The highest BCUT2D eigenvalue weighted by Gasteiger charge is 2.12. The molecule has 0 heterocycles. The maximum Gasteiger partial charge on any atom is 0.142 e. The normalized spacial score (nSPS) is 12.2. The lowest BCUT2D eigenvalue weighted by Gasteiger charge is -2.17. The Hall–Kier alpha value is -1.62. The number of nitrogens with one attached hydrogen (secondary N) is 1. The van der Waals surface area contributed by atoms with Crippen LogP contribution in [0.2, 0.25) is 5.02 Å². The summed E-state index contributed by atoms with van der Waals surface area (Å²) >= 11 is 5.68. The van der Waals surface area contributed by atoms with Gasteiger partial charge < -0.3 is 4.74 Å². The number of benzene rings is 2. The molecule has 20 heavy (non-hydrogen) atoms. The Labute approximate surface area is 122 Å². The third-order valence-electron chi connectivity index (χ3n) is 3.12. The van der Waals surface area contributed by atoms with Crippen molar-refractivity contribution in [3.05, 3.63) is 64.4 Å². The summed E-state index contributed by atoms with van der Waals surface area (Å²) < 4.78 is 18.6. The fourth-order valence-electron chi connectivity index (χ4n) is 2.03. The second-order valence-electron chi connectivity index (χ2n) is 4.45. The molecule has 0 aliphatic carbocycles. The van der Waals surface area contributed by atoms with Crippen molar-refractivity contribution < 1.29 is 9.13 Å². The van der Waals surface area contributed by atoms with Crippen molar-refractivity contribution in [2.24, 2.45) is 5.84 Å². The van der Waals surface area contributed by atoms with Gasteiger partial charge in [0, 0.05) is 0 Å². The lowest BCUT2D eigenvalue weighted by atomic mass is 9.99. The van der Waals surface area contributed by atoms with Gasteiger partial charge in [-0.15, -0.1) is 0 Å². The van der Waals surface area contributed by atoms with Gasteiger partial charge in [-0.1, -0.05) is 29.8 Å². The first-order chi connectivity index (χ1) is 9.63. The molecule has 2 aromatic rings. The Morgan fingerprint density at radius 2 is 2.10 bits per heavy atom. The molecule has 0 fully saturated rings. The van der Waals surface area contributed by atoms with Crippen LogP contribution in [0.1, 0.15) is 17.2 Å². The summed E-state index contributed by atoms with van der Waals surface area (Å²) in [4.78, 5) is 0. The monoisotopic (exact) mass is 294 g/mol. The molecule has 106 valence electrons. The highest BCUT2D eigenvalue weighted by atomic mass is 35.5. The number of hydrogen-bond acceptors (Lipinski definition) is 3. The van der Waals surface area contributed by atoms with E-state index in [4.69, 9.17) is 22.2 Å². The lowest BCUT2D eigenvalue weighted by Crippen LogP contribution is -2.29. The van der Waals surface area contributed by atoms with Gasteiger partial charge in [0.25, 0.3) is 0 Å². The van der Waals surface area contributed by atoms with E-state index in [1.165, 1.54) is 6.07 Å². The Balaban J connectivity index is 2.21.